The molecule has 0 spiro atoms. The van der Waals surface area contributed by atoms with Crippen molar-refractivity contribution in [2.75, 3.05) is 13.2 Å². The highest BCUT2D eigenvalue weighted by Gasteiger charge is 2.48. The van der Waals surface area contributed by atoms with E-state index in [0.29, 0.717) is 18.1 Å². The molecule has 1 saturated heterocycles. The molecule has 0 amide bonds. The summed E-state index contributed by atoms with van der Waals surface area (Å²) in [6.45, 7) is 37.9. The number of phenolic OH excluding ortho intramolecular Hbond substituents is 2. The average Bonchev–Trinajstić information content (AvgIpc) is 3.00. The normalized spacial score (nSPS) is 17.9. The Morgan fingerprint density at radius 2 is 1.17 bits per heavy atom. The lowest BCUT2D eigenvalue weighted by Crippen LogP contribution is -2.63. The van der Waals surface area contributed by atoms with Crippen LogP contribution >= 0.6 is 0 Å². The third kappa shape index (κ3) is 11.5. The van der Waals surface area contributed by atoms with Gasteiger partial charge in [0.25, 0.3) is 0 Å². The first-order valence-corrected chi connectivity index (χ1v) is 20.5. The molecular weight excluding hydrogens is 671 g/mol. The fourth-order valence-electron chi connectivity index (χ4n) is 8.31. The number of rotatable bonds is 12. The number of benzene rings is 2. The number of ether oxygens (including phenoxy) is 2. The van der Waals surface area contributed by atoms with Crippen molar-refractivity contribution in [1.82, 2.24) is 4.90 Å². The van der Waals surface area contributed by atoms with Crippen LogP contribution < -0.4 is 0 Å². The van der Waals surface area contributed by atoms with Crippen LogP contribution in [0.3, 0.4) is 0 Å². The topological polar surface area (TPSA) is 79.2 Å². The Kier molecular flexibility index (Phi) is 14.0. The maximum absolute atomic E-state index is 13.5. The summed E-state index contributed by atoms with van der Waals surface area (Å²) in [5.41, 5.74) is 5.07. The number of nitrogens with zero attached hydrogens (tertiary/aromatic N) is 1. The number of allylic oxidation sites excluding steroid dienone is 1. The predicted molar refractivity (Wildman–Crippen MR) is 226 cm³/mol. The molecule has 2 aromatic carbocycles. The molecule has 1 aliphatic rings. The lowest BCUT2D eigenvalue weighted by Gasteiger charge is -2.55. The Bertz CT molecular complexity index is 1530. The lowest BCUT2D eigenvalue weighted by atomic mass is 9.73. The second kappa shape index (κ2) is 16.6. The summed E-state index contributed by atoms with van der Waals surface area (Å²) in [6, 6.07) is 8.51. The number of carbonyl (C=O) groups is 1. The number of phenols is 2. The van der Waals surface area contributed by atoms with Gasteiger partial charge in [0.05, 0.1) is 18.8 Å². The molecular formula is C48H77NO5. The van der Waals surface area contributed by atoms with Crippen LogP contribution in [-0.4, -0.2) is 51.4 Å². The standard InChI is InChI=1S/C48H77NO5/c1-18-35(53-23-19-21-32-25-36(43(2,3)4)40(50)37(26-32)44(5,6)7)31-49-47(14,15)29-34(30-48(49,16)17)42(52)54-24-20-22-33-27-38(45(8,9)10)41(51)39(28-33)46(11,12)13/h19,23,25-28,34-35,50-51H,18,20-22,24,29-31H2,1-17H3. The van der Waals surface area contributed by atoms with Crippen molar-refractivity contribution in [3.05, 3.63) is 70.0 Å². The third-order valence-electron chi connectivity index (χ3n) is 11.3. The van der Waals surface area contributed by atoms with Gasteiger partial charge in [0.15, 0.2) is 0 Å². The molecule has 2 aromatic rings. The van der Waals surface area contributed by atoms with Gasteiger partial charge in [0.1, 0.15) is 17.6 Å². The molecule has 54 heavy (non-hydrogen) atoms. The Hall–Kier alpha value is -2.99. The fraction of sp³-hybridized carbons (Fsp3) is 0.688. The number of likely N-dealkylation sites (tertiary alicyclic amines) is 1. The van der Waals surface area contributed by atoms with Crippen LogP contribution in [0, 0.1) is 5.92 Å². The zero-order valence-electron chi connectivity index (χ0n) is 37.3. The summed E-state index contributed by atoms with van der Waals surface area (Å²) < 4.78 is 12.3. The predicted octanol–water partition coefficient (Wildman–Crippen LogP) is 11.6. The van der Waals surface area contributed by atoms with Crippen LogP contribution in [0.5, 0.6) is 11.5 Å². The number of carbonyl (C=O) groups excluding carboxylic acids is 1. The van der Waals surface area contributed by atoms with E-state index in [9.17, 15) is 15.0 Å². The third-order valence-corrected chi connectivity index (χ3v) is 11.3. The van der Waals surface area contributed by atoms with Gasteiger partial charge in [-0.15, -0.1) is 0 Å². The van der Waals surface area contributed by atoms with E-state index in [0.717, 1.165) is 72.9 Å². The van der Waals surface area contributed by atoms with E-state index in [4.69, 9.17) is 9.47 Å². The first kappa shape index (κ1) is 45.4. The quantitative estimate of drug-likeness (QED) is 0.128. The van der Waals surface area contributed by atoms with Crippen LogP contribution in [0.1, 0.15) is 177 Å². The van der Waals surface area contributed by atoms with Gasteiger partial charge in [-0.3, -0.25) is 9.69 Å². The molecule has 304 valence electrons. The van der Waals surface area contributed by atoms with Crippen LogP contribution in [0.4, 0.5) is 0 Å². The van der Waals surface area contributed by atoms with E-state index < -0.39 is 0 Å². The Morgan fingerprint density at radius 3 is 1.56 bits per heavy atom. The van der Waals surface area contributed by atoms with Gasteiger partial charge in [0.2, 0.25) is 0 Å². The maximum atomic E-state index is 13.5. The van der Waals surface area contributed by atoms with Crippen molar-refractivity contribution in [2.45, 2.75) is 195 Å². The molecule has 1 unspecified atom stereocenters. The molecule has 0 saturated carbocycles. The molecule has 1 fully saturated rings. The van der Waals surface area contributed by atoms with Crippen molar-refractivity contribution < 1.29 is 24.5 Å². The van der Waals surface area contributed by atoms with E-state index in [1.165, 1.54) is 5.56 Å². The van der Waals surface area contributed by atoms with E-state index in [1.54, 1.807) is 0 Å². The minimum atomic E-state index is -0.219. The molecule has 6 nitrogen and oxygen atoms in total. The van der Waals surface area contributed by atoms with Gasteiger partial charge in [-0.05, 0) is 127 Å². The molecule has 0 aromatic heterocycles. The van der Waals surface area contributed by atoms with Crippen molar-refractivity contribution in [2.24, 2.45) is 5.92 Å². The number of aromatic hydroxyl groups is 2. The lowest BCUT2D eigenvalue weighted by molar-refractivity contribution is -0.158. The Labute approximate surface area is 330 Å². The monoisotopic (exact) mass is 748 g/mol. The fourth-order valence-corrected chi connectivity index (χ4v) is 8.31. The summed E-state index contributed by atoms with van der Waals surface area (Å²) in [7, 11) is 0. The van der Waals surface area contributed by atoms with Crippen molar-refractivity contribution in [1.29, 1.82) is 0 Å². The van der Waals surface area contributed by atoms with Gasteiger partial charge >= 0.3 is 5.97 Å². The van der Waals surface area contributed by atoms with E-state index in [-0.39, 0.29) is 50.7 Å². The number of hydrogen-bond donors (Lipinski definition) is 2. The highest BCUT2D eigenvalue weighted by atomic mass is 16.5. The summed E-state index contributed by atoms with van der Waals surface area (Å²) in [5.74, 6) is 0.534. The average molecular weight is 748 g/mol. The molecule has 2 N–H and O–H groups in total. The van der Waals surface area contributed by atoms with Crippen LogP contribution in [0.25, 0.3) is 0 Å². The van der Waals surface area contributed by atoms with Crippen LogP contribution in [-0.2, 0) is 48.8 Å². The zero-order chi connectivity index (χ0) is 41.2. The number of esters is 1. The van der Waals surface area contributed by atoms with Crippen molar-refractivity contribution >= 4 is 5.97 Å². The zero-order valence-corrected chi connectivity index (χ0v) is 37.3. The Morgan fingerprint density at radius 1 is 0.759 bits per heavy atom. The second-order valence-electron chi connectivity index (χ2n) is 21.4. The van der Waals surface area contributed by atoms with E-state index in [2.05, 4.69) is 153 Å². The first-order chi connectivity index (χ1) is 24.5. The number of aryl methyl sites for hydroxylation is 1. The molecule has 0 bridgehead atoms. The van der Waals surface area contributed by atoms with E-state index in [1.807, 2.05) is 6.26 Å². The number of piperidine rings is 1. The number of hydrogen-bond acceptors (Lipinski definition) is 6. The van der Waals surface area contributed by atoms with Crippen LogP contribution in [0.15, 0.2) is 36.6 Å². The molecule has 0 aliphatic carbocycles. The minimum Gasteiger partial charge on any atom is -0.507 e. The first-order valence-electron chi connectivity index (χ1n) is 20.5. The molecule has 1 atom stereocenters. The largest absolute Gasteiger partial charge is 0.507 e. The Balaban J connectivity index is 1.62. The minimum absolute atomic E-state index is 0.0101. The van der Waals surface area contributed by atoms with Gasteiger partial charge in [0, 0.05) is 17.6 Å². The van der Waals surface area contributed by atoms with Gasteiger partial charge in [-0.25, -0.2) is 0 Å². The smallest absolute Gasteiger partial charge is 0.309 e. The molecule has 0 radical (unpaired) electrons. The molecule has 3 rings (SSSR count). The summed E-state index contributed by atoms with van der Waals surface area (Å²) in [6.07, 6.45) is 8.52. The van der Waals surface area contributed by atoms with E-state index >= 15 is 0 Å². The SMILES string of the molecule is CCC(CN1C(C)(C)CC(C(=O)OCCCc2cc(C(C)(C)C)c(O)c(C(C)(C)C)c2)CC1(C)C)OC=CCc1cc(C(C)(C)C)c(O)c(C(C)(C)C)c1. The summed E-state index contributed by atoms with van der Waals surface area (Å²) >= 11 is 0. The molecule has 1 aliphatic heterocycles. The van der Waals surface area contributed by atoms with Crippen molar-refractivity contribution in [3.8, 4) is 11.5 Å². The van der Waals surface area contributed by atoms with Gasteiger partial charge < -0.3 is 19.7 Å². The second-order valence-corrected chi connectivity index (χ2v) is 21.4. The summed E-state index contributed by atoms with van der Waals surface area (Å²) in [5, 5.41) is 22.2. The molecule has 1 heterocycles. The summed E-state index contributed by atoms with van der Waals surface area (Å²) in [4.78, 5) is 16.1. The van der Waals surface area contributed by atoms with Crippen LogP contribution in [0.2, 0.25) is 0 Å². The highest BCUT2D eigenvalue weighted by molar-refractivity contribution is 5.73. The van der Waals surface area contributed by atoms with Crippen molar-refractivity contribution in [3.63, 3.8) is 0 Å². The van der Waals surface area contributed by atoms with Gasteiger partial charge in [-0.1, -0.05) is 114 Å². The molecule has 6 heteroatoms. The van der Waals surface area contributed by atoms with Gasteiger partial charge in [-0.2, -0.15) is 0 Å². The maximum Gasteiger partial charge on any atom is 0.309 e. The highest BCUT2D eigenvalue weighted by Crippen LogP contribution is 2.44.